The van der Waals surface area contributed by atoms with Crippen LogP contribution in [-0.4, -0.2) is 0 Å². The van der Waals surface area contributed by atoms with Gasteiger partial charge in [-0.3, -0.25) is 0 Å². The van der Waals surface area contributed by atoms with Crippen molar-refractivity contribution >= 4 is 65.4 Å². The topological polar surface area (TPSA) is 26.3 Å². The van der Waals surface area contributed by atoms with Crippen LogP contribution in [0.4, 0.5) is 0 Å². The van der Waals surface area contributed by atoms with Gasteiger partial charge in [-0.2, -0.15) is 0 Å². The Balaban J connectivity index is 1.10. The third-order valence-electron chi connectivity index (χ3n) is 14.2. The fourth-order valence-electron chi connectivity index (χ4n) is 11.4. The van der Waals surface area contributed by atoms with Crippen LogP contribution in [-0.2, 0) is 5.41 Å². The summed E-state index contributed by atoms with van der Waals surface area (Å²) in [6.45, 7) is 0. The van der Waals surface area contributed by atoms with Crippen LogP contribution < -0.4 is 0 Å². The Hall–Kier alpha value is -8.46. The Labute approximate surface area is 375 Å². The van der Waals surface area contributed by atoms with Crippen molar-refractivity contribution in [2.45, 2.75) is 5.41 Å². The Kier molecular flexibility index (Phi) is 7.64. The van der Waals surface area contributed by atoms with Gasteiger partial charge in [0.25, 0.3) is 0 Å². The van der Waals surface area contributed by atoms with Gasteiger partial charge in [0.05, 0.1) is 5.41 Å². The molecule has 65 heavy (non-hydrogen) atoms. The molecular formula is C63H38O2. The van der Waals surface area contributed by atoms with E-state index >= 15 is 0 Å². The molecule has 2 nitrogen and oxygen atoms in total. The molecule has 0 bridgehead atoms. The molecule has 1 aliphatic carbocycles. The minimum Gasteiger partial charge on any atom is -0.456 e. The molecule has 0 saturated carbocycles. The van der Waals surface area contributed by atoms with Gasteiger partial charge in [-0.15, -0.1) is 0 Å². The SMILES string of the molecule is c1ccc(C2(c3ccccc3)c3ccccc3-c3c(-c4c5cccc(-c6ccc7c(c6)oc6ccccc67)c5cc5c(-c6ccc7c(c6)oc6ccccc67)cccc45)cccc32)cc1. The molecule has 0 N–H and O–H groups in total. The predicted molar refractivity (Wildman–Crippen MR) is 270 cm³/mol. The van der Waals surface area contributed by atoms with Gasteiger partial charge in [-0.05, 0) is 131 Å². The second-order valence-electron chi connectivity index (χ2n) is 17.4. The summed E-state index contributed by atoms with van der Waals surface area (Å²) in [5.41, 5.74) is 17.7. The van der Waals surface area contributed by atoms with Crippen molar-refractivity contribution in [3.63, 3.8) is 0 Å². The summed E-state index contributed by atoms with van der Waals surface area (Å²) in [5, 5.41) is 9.28. The fraction of sp³-hybridized carbons (Fsp3) is 0.0159. The van der Waals surface area contributed by atoms with Crippen molar-refractivity contribution in [1.82, 2.24) is 0 Å². The van der Waals surface area contributed by atoms with Gasteiger partial charge in [-0.25, -0.2) is 0 Å². The quantitative estimate of drug-likeness (QED) is 0.162. The van der Waals surface area contributed by atoms with Crippen LogP contribution >= 0.6 is 0 Å². The highest BCUT2D eigenvalue weighted by molar-refractivity contribution is 6.21. The lowest BCUT2D eigenvalue weighted by atomic mass is 9.67. The predicted octanol–water partition coefficient (Wildman–Crippen LogP) is 17.2. The molecule has 0 fully saturated rings. The van der Waals surface area contributed by atoms with Crippen LogP contribution in [0, 0.1) is 0 Å². The lowest BCUT2D eigenvalue weighted by Gasteiger charge is -2.34. The molecule has 0 spiro atoms. The summed E-state index contributed by atoms with van der Waals surface area (Å²) in [4.78, 5) is 0. The molecule has 0 saturated heterocycles. The molecule has 0 aliphatic heterocycles. The molecule has 13 aromatic rings. The number of hydrogen-bond donors (Lipinski definition) is 0. The highest BCUT2D eigenvalue weighted by atomic mass is 16.3. The van der Waals surface area contributed by atoms with Crippen molar-refractivity contribution in [2.24, 2.45) is 0 Å². The molecule has 1 aliphatic rings. The minimum absolute atomic E-state index is 0.523. The third-order valence-corrected chi connectivity index (χ3v) is 14.2. The van der Waals surface area contributed by atoms with E-state index in [1.165, 1.54) is 66.1 Å². The van der Waals surface area contributed by atoms with E-state index in [4.69, 9.17) is 8.83 Å². The molecule has 11 aromatic carbocycles. The van der Waals surface area contributed by atoms with Crippen LogP contribution in [0.15, 0.2) is 239 Å². The van der Waals surface area contributed by atoms with Crippen LogP contribution in [0.3, 0.4) is 0 Å². The van der Waals surface area contributed by atoms with Gasteiger partial charge in [0.2, 0.25) is 0 Å². The number of furan rings is 2. The van der Waals surface area contributed by atoms with Crippen molar-refractivity contribution in [3.05, 3.63) is 253 Å². The molecular weight excluding hydrogens is 789 g/mol. The molecule has 0 atom stereocenters. The summed E-state index contributed by atoms with van der Waals surface area (Å²) in [6, 6.07) is 84.3. The molecule has 302 valence electrons. The first-order valence-corrected chi connectivity index (χ1v) is 22.4. The van der Waals surface area contributed by atoms with Crippen LogP contribution in [0.1, 0.15) is 22.3 Å². The van der Waals surface area contributed by atoms with E-state index in [9.17, 15) is 0 Å². The van der Waals surface area contributed by atoms with Crippen LogP contribution in [0.2, 0.25) is 0 Å². The zero-order chi connectivity index (χ0) is 42.6. The number of rotatable bonds is 5. The number of fused-ring (bicyclic) bond motifs is 11. The summed E-state index contributed by atoms with van der Waals surface area (Å²) >= 11 is 0. The van der Waals surface area contributed by atoms with Crippen LogP contribution in [0.5, 0.6) is 0 Å². The van der Waals surface area contributed by atoms with E-state index in [-0.39, 0.29) is 0 Å². The zero-order valence-electron chi connectivity index (χ0n) is 35.3. The monoisotopic (exact) mass is 826 g/mol. The fourth-order valence-corrected chi connectivity index (χ4v) is 11.4. The Morgan fingerprint density at radius 1 is 0.246 bits per heavy atom. The van der Waals surface area contributed by atoms with Crippen molar-refractivity contribution in [3.8, 4) is 44.5 Å². The second kappa shape index (κ2) is 13.8. The lowest BCUT2D eigenvalue weighted by Crippen LogP contribution is -2.28. The number of benzene rings is 11. The maximum Gasteiger partial charge on any atom is 0.136 e. The summed E-state index contributed by atoms with van der Waals surface area (Å²) in [7, 11) is 0. The van der Waals surface area contributed by atoms with E-state index in [1.807, 2.05) is 12.1 Å². The Morgan fingerprint density at radius 2 is 0.677 bits per heavy atom. The van der Waals surface area contributed by atoms with Gasteiger partial charge >= 0.3 is 0 Å². The van der Waals surface area contributed by atoms with Crippen molar-refractivity contribution in [2.75, 3.05) is 0 Å². The van der Waals surface area contributed by atoms with E-state index in [1.54, 1.807) is 0 Å². The molecule has 2 heteroatoms. The zero-order valence-corrected chi connectivity index (χ0v) is 35.3. The normalized spacial score (nSPS) is 13.0. The van der Waals surface area contributed by atoms with E-state index in [2.05, 4.69) is 218 Å². The minimum atomic E-state index is -0.523. The third kappa shape index (κ3) is 5.11. The van der Waals surface area contributed by atoms with Gasteiger partial charge in [0, 0.05) is 21.5 Å². The smallest absolute Gasteiger partial charge is 0.136 e. The Morgan fingerprint density at radius 3 is 1.26 bits per heavy atom. The average molecular weight is 827 g/mol. The standard InChI is InChI=1S/C63H38O2/c1-3-16-41(17-4-1)63(42-18-5-2-6-19-42)55-28-10-7-22-51(55)62-52(27-15-29-56(62)63)61-49-25-13-23-43(39-32-34-47-45-20-8-11-30-57(45)64-59(47)36-39)53(49)38-54-44(24-14-26-50(54)61)40-33-35-48-46-21-9-12-31-58(46)65-60(48)37-40/h1-38H. The highest BCUT2D eigenvalue weighted by Crippen LogP contribution is 2.59. The van der Waals surface area contributed by atoms with E-state index in [0.29, 0.717) is 0 Å². The molecule has 14 rings (SSSR count). The van der Waals surface area contributed by atoms with Gasteiger partial charge in [0.1, 0.15) is 22.3 Å². The summed E-state index contributed by atoms with van der Waals surface area (Å²) in [5.74, 6) is 0. The maximum atomic E-state index is 6.49. The Bertz CT molecular complexity index is 3850. The highest BCUT2D eigenvalue weighted by Gasteiger charge is 2.47. The van der Waals surface area contributed by atoms with Gasteiger partial charge in [-0.1, -0.05) is 188 Å². The van der Waals surface area contributed by atoms with Gasteiger partial charge < -0.3 is 8.83 Å². The molecule has 0 unspecified atom stereocenters. The largest absolute Gasteiger partial charge is 0.456 e. The van der Waals surface area contributed by atoms with Crippen molar-refractivity contribution in [1.29, 1.82) is 0 Å². The first-order chi connectivity index (χ1) is 32.2. The maximum absolute atomic E-state index is 6.49. The van der Waals surface area contributed by atoms with Gasteiger partial charge in [0.15, 0.2) is 0 Å². The number of para-hydroxylation sites is 2. The molecule has 2 aromatic heterocycles. The molecule has 2 heterocycles. The average Bonchev–Trinajstić information content (AvgIpc) is 4.04. The summed E-state index contributed by atoms with van der Waals surface area (Å²) < 4.78 is 13.0. The summed E-state index contributed by atoms with van der Waals surface area (Å²) in [6.07, 6.45) is 0. The lowest BCUT2D eigenvalue weighted by molar-refractivity contribution is 0.668. The first-order valence-electron chi connectivity index (χ1n) is 22.4. The number of hydrogen-bond acceptors (Lipinski definition) is 2. The first kappa shape index (κ1) is 36.1. The van der Waals surface area contributed by atoms with E-state index < -0.39 is 5.41 Å². The van der Waals surface area contributed by atoms with Crippen molar-refractivity contribution < 1.29 is 8.83 Å². The second-order valence-corrected chi connectivity index (χ2v) is 17.4. The van der Waals surface area contributed by atoms with Crippen LogP contribution in [0.25, 0.3) is 110 Å². The molecule has 0 amide bonds. The molecule has 0 radical (unpaired) electrons. The van der Waals surface area contributed by atoms with E-state index in [0.717, 1.165) is 66.1 Å².